The van der Waals surface area contributed by atoms with E-state index in [1.54, 1.807) is 6.33 Å². The fraction of sp³-hybridized carbons (Fsp3) is 0.167. The van der Waals surface area contributed by atoms with Crippen molar-refractivity contribution < 1.29 is 5.48 Å². The van der Waals surface area contributed by atoms with Crippen molar-refractivity contribution in [1.82, 2.24) is 19.9 Å². The van der Waals surface area contributed by atoms with Crippen molar-refractivity contribution in [3.05, 3.63) is 16.8 Å². The molecule has 0 atom stereocenters. The number of hydrogen-bond donors (Lipinski definition) is 2. The quantitative estimate of drug-likeness (QED) is 0.584. The minimum Gasteiger partial charge on any atom is -0.412 e. The predicted octanol–water partition coefficient (Wildman–Crippen LogP) is 0.499. The number of aromatic nitrogens is 4. The molecule has 0 spiro atoms. The van der Waals surface area contributed by atoms with E-state index in [2.05, 4.69) is 19.9 Å². The Labute approximate surface area is 73.2 Å². The van der Waals surface area contributed by atoms with Gasteiger partial charge in [-0.05, 0) is 19.1 Å². The highest BCUT2D eigenvalue weighted by molar-refractivity contribution is 7.71. The normalized spacial score (nSPS) is 9.75. The Hall–Kier alpha value is -1.27. The van der Waals surface area contributed by atoms with E-state index >= 15 is 0 Å². The molecule has 0 fully saturated rings. The molecule has 0 aliphatic rings. The van der Waals surface area contributed by atoms with Crippen LogP contribution in [-0.2, 0) is 0 Å². The maximum absolute atomic E-state index is 4.87. The monoisotopic (exact) mass is 184 g/mol. The highest BCUT2D eigenvalue weighted by Crippen LogP contribution is 2.07. The van der Waals surface area contributed by atoms with Gasteiger partial charge in [0, 0.05) is 5.69 Å². The van der Waals surface area contributed by atoms with Crippen LogP contribution in [0.2, 0.25) is 0 Å². The maximum Gasteiger partial charge on any atom is 0.199 e. The number of fused-ring (bicyclic) bond motifs is 1. The Morgan fingerprint density at radius 1 is 1.50 bits per heavy atom. The number of imidazole rings is 1. The molecule has 4 N–H and O–H groups in total. The van der Waals surface area contributed by atoms with Gasteiger partial charge in [-0.3, -0.25) is 0 Å². The molecule has 0 aliphatic carbocycles. The van der Waals surface area contributed by atoms with Crippen LogP contribution in [0.5, 0.6) is 0 Å². The largest absolute Gasteiger partial charge is 0.412 e. The molecule has 0 amide bonds. The van der Waals surface area contributed by atoms with Crippen molar-refractivity contribution in [3.63, 3.8) is 0 Å². The van der Waals surface area contributed by atoms with E-state index in [4.69, 9.17) is 12.2 Å². The van der Waals surface area contributed by atoms with Crippen LogP contribution in [0.1, 0.15) is 5.69 Å². The summed E-state index contributed by atoms with van der Waals surface area (Å²) in [6, 6.07) is 0. The Kier molecular flexibility index (Phi) is 2.20. The Balaban J connectivity index is 0.000000720. The average Bonchev–Trinajstić information content (AvgIpc) is 2.34. The van der Waals surface area contributed by atoms with Gasteiger partial charge in [-0.2, -0.15) is 4.98 Å². The van der Waals surface area contributed by atoms with Crippen LogP contribution in [0.25, 0.3) is 11.2 Å². The summed E-state index contributed by atoms with van der Waals surface area (Å²) in [5.41, 5.74) is 2.56. The smallest absolute Gasteiger partial charge is 0.199 e. The van der Waals surface area contributed by atoms with Gasteiger partial charge < -0.3 is 15.4 Å². The lowest BCUT2D eigenvalue weighted by molar-refractivity contribution is 0.824. The van der Waals surface area contributed by atoms with Gasteiger partial charge in [-0.25, -0.2) is 4.98 Å². The summed E-state index contributed by atoms with van der Waals surface area (Å²) in [6.45, 7) is 1.93. The summed E-state index contributed by atoms with van der Waals surface area (Å²) in [5.74, 6) is 0. The van der Waals surface area contributed by atoms with Gasteiger partial charge in [0.25, 0.3) is 0 Å². The molecule has 0 unspecified atom stereocenters. The van der Waals surface area contributed by atoms with Crippen molar-refractivity contribution >= 4 is 23.4 Å². The third-order valence-electron chi connectivity index (χ3n) is 1.50. The summed E-state index contributed by atoms with van der Waals surface area (Å²) < 4.78 is 0.474. The first kappa shape index (κ1) is 8.82. The first-order chi connectivity index (χ1) is 5.27. The molecule has 5 nitrogen and oxygen atoms in total. The third-order valence-corrected chi connectivity index (χ3v) is 1.69. The van der Waals surface area contributed by atoms with Crippen LogP contribution in [-0.4, -0.2) is 25.4 Å². The van der Waals surface area contributed by atoms with Gasteiger partial charge in [0.1, 0.15) is 5.52 Å². The first-order valence-electron chi connectivity index (χ1n) is 3.17. The lowest BCUT2D eigenvalue weighted by Crippen LogP contribution is -1.87. The van der Waals surface area contributed by atoms with E-state index in [1.807, 2.05) is 6.92 Å². The lowest BCUT2D eigenvalue weighted by Gasteiger charge is -1.92. The fourth-order valence-electron chi connectivity index (χ4n) is 0.995. The molecule has 0 saturated heterocycles. The van der Waals surface area contributed by atoms with Crippen LogP contribution in [0.15, 0.2) is 6.33 Å². The van der Waals surface area contributed by atoms with Gasteiger partial charge in [-0.1, -0.05) is 0 Å². The van der Waals surface area contributed by atoms with E-state index in [0.29, 0.717) is 10.4 Å². The Bertz CT molecular complexity index is 446. The molecule has 64 valence electrons. The molecule has 2 aromatic heterocycles. The average molecular weight is 184 g/mol. The first-order valence-corrected chi connectivity index (χ1v) is 3.58. The molecule has 12 heavy (non-hydrogen) atoms. The highest BCUT2D eigenvalue weighted by atomic mass is 32.1. The summed E-state index contributed by atoms with van der Waals surface area (Å²) in [6.07, 6.45) is 1.60. The van der Waals surface area contributed by atoms with Gasteiger partial charge in [-0.15, -0.1) is 0 Å². The van der Waals surface area contributed by atoms with Crippen LogP contribution in [0.4, 0.5) is 0 Å². The van der Waals surface area contributed by atoms with E-state index in [0.717, 1.165) is 11.2 Å². The fourth-order valence-corrected chi connectivity index (χ4v) is 1.23. The number of aryl methyl sites for hydroxylation is 1. The molecule has 0 aliphatic heterocycles. The molecule has 2 rings (SSSR count). The topological polar surface area (TPSA) is 88.9 Å². The van der Waals surface area contributed by atoms with Crippen molar-refractivity contribution in [3.8, 4) is 0 Å². The zero-order valence-corrected chi connectivity index (χ0v) is 7.20. The van der Waals surface area contributed by atoms with Crippen LogP contribution in [0, 0.1) is 11.7 Å². The molecule has 0 saturated carbocycles. The van der Waals surface area contributed by atoms with Crippen molar-refractivity contribution in [2.75, 3.05) is 0 Å². The minimum absolute atomic E-state index is 0. The molecular weight excluding hydrogens is 176 g/mol. The molecule has 6 heteroatoms. The van der Waals surface area contributed by atoms with Crippen LogP contribution in [0.3, 0.4) is 0 Å². The molecular formula is C6H8N4OS. The summed E-state index contributed by atoms with van der Waals surface area (Å²) in [5, 5.41) is 0. The van der Waals surface area contributed by atoms with Gasteiger partial charge in [0.15, 0.2) is 10.4 Å². The maximum atomic E-state index is 4.87. The second kappa shape index (κ2) is 3.00. The molecule has 0 aromatic carbocycles. The van der Waals surface area contributed by atoms with Gasteiger partial charge in [0.2, 0.25) is 0 Å². The van der Waals surface area contributed by atoms with Crippen molar-refractivity contribution in [1.29, 1.82) is 0 Å². The zero-order valence-electron chi connectivity index (χ0n) is 6.38. The van der Waals surface area contributed by atoms with Crippen LogP contribution >= 0.6 is 12.2 Å². The van der Waals surface area contributed by atoms with Crippen molar-refractivity contribution in [2.24, 2.45) is 0 Å². The van der Waals surface area contributed by atoms with E-state index in [-0.39, 0.29) is 5.48 Å². The number of aromatic amines is 2. The SMILES string of the molecule is Cc1[nH]c(=S)nc2nc[nH]c12.O. The van der Waals surface area contributed by atoms with Crippen molar-refractivity contribution in [2.45, 2.75) is 6.92 Å². The third kappa shape index (κ3) is 1.21. The summed E-state index contributed by atoms with van der Waals surface area (Å²) >= 11 is 4.87. The molecule has 2 heterocycles. The number of nitrogens with zero attached hydrogens (tertiary/aromatic N) is 2. The number of nitrogens with one attached hydrogen (secondary N) is 2. The number of hydrogen-bond acceptors (Lipinski definition) is 3. The zero-order chi connectivity index (χ0) is 7.84. The van der Waals surface area contributed by atoms with E-state index in [9.17, 15) is 0 Å². The minimum atomic E-state index is 0. The number of H-pyrrole nitrogens is 2. The van der Waals surface area contributed by atoms with Crippen LogP contribution < -0.4 is 0 Å². The number of rotatable bonds is 0. The van der Waals surface area contributed by atoms with Gasteiger partial charge >= 0.3 is 0 Å². The predicted molar refractivity (Wildman–Crippen MR) is 47.4 cm³/mol. The second-order valence-corrected chi connectivity index (χ2v) is 2.65. The summed E-state index contributed by atoms with van der Waals surface area (Å²) in [7, 11) is 0. The van der Waals surface area contributed by atoms with E-state index < -0.39 is 0 Å². The highest BCUT2D eigenvalue weighted by Gasteiger charge is 1.99. The summed E-state index contributed by atoms with van der Waals surface area (Å²) in [4.78, 5) is 13.9. The van der Waals surface area contributed by atoms with Gasteiger partial charge in [0.05, 0.1) is 6.33 Å². The molecule has 0 bridgehead atoms. The Morgan fingerprint density at radius 3 is 3.00 bits per heavy atom. The second-order valence-electron chi connectivity index (χ2n) is 2.27. The van der Waals surface area contributed by atoms with E-state index in [1.165, 1.54) is 0 Å². The molecule has 0 radical (unpaired) electrons. The Morgan fingerprint density at radius 2 is 2.25 bits per heavy atom. The standard InChI is InChI=1S/C6H6N4S.H2O/c1-3-4-5(8-2-7-4)10-6(11)9-3;/h2H,1H3,(H2,7,8,9,10,11);1H2. The lowest BCUT2D eigenvalue weighted by atomic mass is 10.4. The molecule has 2 aromatic rings.